The summed E-state index contributed by atoms with van der Waals surface area (Å²) in [5.41, 5.74) is 4.63. The third kappa shape index (κ3) is 4.03. The van der Waals surface area contributed by atoms with Crippen molar-refractivity contribution in [2.45, 2.75) is 33.6 Å². The van der Waals surface area contributed by atoms with Gasteiger partial charge in [-0.2, -0.15) is 0 Å². The van der Waals surface area contributed by atoms with Crippen LogP contribution in [0.5, 0.6) is 0 Å². The van der Waals surface area contributed by atoms with E-state index in [1.54, 1.807) is 6.08 Å². The van der Waals surface area contributed by atoms with Crippen LogP contribution >= 0.6 is 0 Å². The lowest BCUT2D eigenvalue weighted by molar-refractivity contribution is 0.866. The van der Waals surface area contributed by atoms with Gasteiger partial charge in [0.15, 0.2) is 0 Å². The molecule has 0 aromatic heterocycles. The van der Waals surface area contributed by atoms with Crippen molar-refractivity contribution in [3.63, 3.8) is 0 Å². The molecule has 1 rings (SSSR count). The van der Waals surface area contributed by atoms with Crippen molar-refractivity contribution < 1.29 is 0 Å². The standard InChI is InChI=1S/C16H21N/c1-6-13(4)11-17-14(5)16-9-7-15(8-10-16)12(2)3/h6-12H,1H2,2-5H3/b13-11-,17-14+. The van der Waals surface area contributed by atoms with Gasteiger partial charge in [0.1, 0.15) is 0 Å². The summed E-state index contributed by atoms with van der Waals surface area (Å²) < 4.78 is 0. The molecule has 0 aliphatic rings. The van der Waals surface area contributed by atoms with Gasteiger partial charge >= 0.3 is 0 Å². The Balaban J connectivity index is 2.90. The molecule has 0 aliphatic carbocycles. The van der Waals surface area contributed by atoms with Crippen molar-refractivity contribution in [2.75, 3.05) is 0 Å². The summed E-state index contributed by atoms with van der Waals surface area (Å²) >= 11 is 0. The number of hydrogen-bond acceptors (Lipinski definition) is 1. The van der Waals surface area contributed by atoms with Gasteiger partial charge in [-0.15, -0.1) is 0 Å². The van der Waals surface area contributed by atoms with Crippen LogP contribution in [-0.2, 0) is 0 Å². The number of hydrogen-bond donors (Lipinski definition) is 0. The van der Waals surface area contributed by atoms with Crippen LogP contribution in [0.2, 0.25) is 0 Å². The zero-order valence-corrected chi connectivity index (χ0v) is 11.2. The van der Waals surface area contributed by atoms with Crippen molar-refractivity contribution in [1.29, 1.82) is 0 Å². The summed E-state index contributed by atoms with van der Waals surface area (Å²) in [5.74, 6) is 0.573. The second kappa shape index (κ2) is 6.19. The van der Waals surface area contributed by atoms with Crippen LogP contribution in [0.4, 0.5) is 0 Å². The molecule has 1 aromatic rings. The maximum absolute atomic E-state index is 4.42. The normalized spacial score (nSPS) is 13.0. The maximum Gasteiger partial charge on any atom is 0.0445 e. The second-order valence-corrected chi connectivity index (χ2v) is 4.57. The molecule has 0 fully saturated rings. The Hall–Kier alpha value is -1.63. The van der Waals surface area contributed by atoms with E-state index in [9.17, 15) is 0 Å². The molecule has 0 atom stereocenters. The summed E-state index contributed by atoms with van der Waals surface area (Å²) in [7, 11) is 0. The number of benzene rings is 1. The van der Waals surface area contributed by atoms with Crippen molar-refractivity contribution >= 4 is 5.71 Å². The van der Waals surface area contributed by atoms with E-state index in [-0.39, 0.29) is 0 Å². The van der Waals surface area contributed by atoms with Crippen molar-refractivity contribution in [2.24, 2.45) is 4.99 Å². The number of allylic oxidation sites excluding steroid dienone is 2. The summed E-state index contributed by atoms with van der Waals surface area (Å²) in [5, 5.41) is 0. The van der Waals surface area contributed by atoms with Gasteiger partial charge < -0.3 is 0 Å². The van der Waals surface area contributed by atoms with E-state index in [4.69, 9.17) is 0 Å². The van der Waals surface area contributed by atoms with Crippen LogP contribution in [0, 0.1) is 0 Å². The Bertz CT molecular complexity index is 433. The zero-order valence-electron chi connectivity index (χ0n) is 11.2. The smallest absolute Gasteiger partial charge is 0.0445 e. The minimum atomic E-state index is 0.573. The minimum absolute atomic E-state index is 0.573. The Labute approximate surface area is 105 Å². The molecular formula is C16H21N. The fraction of sp³-hybridized carbons (Fsp3) is 0.312. The molecule has 0 unspecified atom stereocenters. The monoisotopic (exact) mass is 227 g/mol. The molecule has 0 heterocycles. The maximum atomic E-state index is 4.42. The van der Waals surface area contributed by atoms with Gasteiger partial charge in [-0.05, 0) is 36.5 Å². The van der Waals surface area contributed by atoms with Gasteiger partial charge in [-0.1, -0.05) is 50.8 Å². The third-order valence-electron chi connectivity index (χ3n) is 2.78. The first-order chi connectivity index (χ1) is 8.04. The first-order valence-electron chi connectivity index (χ1n) is 5.98. The highest BCUT2D eigenvalue weighted by molar-refractivity contribution is 5.99. The van der Waals surface area contributed by atoms with E-state index in [1.807, 2.05) is 20.0 Å². The Morgan fingerprint density at radius 3 is 2.24 bits per heavy atom. The molecule has 0 saturated carbocycles. The highest BCUT2D eigenvalue weighted by Gasteiger charge is 2.00. The van der Waals surface area contributed by atoms with Gasteiger partial charge in [-0.3, -0.25) is 4.99 Å². The molecular weight excluding hydrogens is 206 g/mol. The fourth-order valence-electron chi connectivity index (χ4n) is 1.44. The topological polar surface area (TPSA) is 12.4 Å². The molecule has 1 nitrogen and oxygen atoms in total. The van der Waals surface area contributed by atoms with Crippen LogP contribution in [-0.4, -0.2) is 5.71 Å². The SMILES string of the molecule is C=C/C(C)=C\N=C(/C)c1ccc(C(C)C)cc1. The molecule has 0 radical (unpaired) electrons. The molecule has 0 aliphatic heterocycles. The quantitative estimate of drug-likeness (QED) is 0.522. The second-order valence-electron chi connectivity index (χ2n) is 4.57. The van der Waals surface area contributed by atoms with Gasteiger partial charge in [0.2, 0.25) is 0 Å². The Kier molecular flexibility index (Phi) is 4.89. The lowest BCUT2D eigenvalue weighted by Gasteiger charge is -2.06. The molecule has 17 heavy (non-hydrogen) atoms. The third-order valence-corrected chi connectivity index (χ3v) is 2.78. The van der Waals surface area contributed by atoms with E-state index < -0.39 is 0 Å². The van der Waals surface area contributed by atoms with E-state index in [2.05, 4.69) is 49.7 Å². The Morgan fingerprint density at radius 2 is 1.76 bits per heavy atom. The van der Waals surface area contributed by atoms with Crippen molar-refractivity contribution in [1.82, 2.24) is 0 Å². The highest BCUT2D eigenvalue weighted by atomic mass is 14.7. The van der Waals surface area contributed by atoms with E-state index in [0.717, 1.165) is 11.3 Å². The fourth-order valence-corrected chi connectivity index (χ4v) is 1.44. The molecule has 1 aromatic carbocycles. The largest absolute Gasteiger partial charge is 0.261 e. The van der Waals surface area contributed by atoms with E-state index in [0.29, 0.717) is 5.92 Å². The summed E-state index contributed by atoms with van der Waals surface area (Å²) in [6.45, 7) is 12.1. The lowest BCUT2D eigenvalue weighted by atomic mass is 10.0. The molecule has 90 valence electrons. The molecule has 0 amide bonds. The molecule has 0 spiro atoms. The predicted molar refractivity (Wildman–Crippen MR) is 76.7 cm³/mol. The molecule has 0 bridgehead atoms. The van der Waals surface area contributed by atoms with E-state index >= 15 is 0 Å². The van der Waals surface area contributed by atoms with Crippen LogP contribution < -0.4 is 0 Å². The number of nitrogens with zero attached hydrogens (tertiary/aromatic N) is 1. The average Bonchev–Trinajstić information content (AvgIpc) is 2.35. The zero-order chi connectivity index (χ0) is 12.8. The number of aliphatic imine (C=N–C) groups is 1. The molecule has 0 saturated heterocycles. The van der Waals surface area contributed by atoms with Crippen molar-refractivity contribution in [3.8, 4) is 0 Å². The van der Waals surface area contributed by atoms with Gasteiger partial charge in [-0.25, -0.2) is 0 Å². The number of rotatable bonds is 4. The first-order valence-corrected chi connectivity index (χ1v) is 5.98. The van der Waals surface area contributed by atoms with Gasteiger partial charge in [0.25, 0.3) is 0 Å². The summed E-state index contributed by atoms with van der Waals surface area (Å²) in [6, 6.07) is 8.60. The van der Waals surface area contributed by atoms with E-state index in [1.165, 1.54) is 11.1 Å². The predicted octanol–water partition coefficient (Wildman–Crippen LogP) is 4.71. The summed E-state index contributed by atoms with van der Waals surface area (Å²) in [6.07, 6.45) is 3.65. The van der Waals surface area contributed by atoms with Crippen molar-refractivity contribution in [3.05, 3.63) is 59.8 Å². The van der Waals surface area contributed by atoms with Gasteiger partial charge in [0.05, 0.1) is 0 Å². The van der Waals surface area contributed by atoms with Crippen LogP contribution in [0.15, 0.2) is 53.7 Å². The van der Waals surface area contributed by atoms with Crippen LogP contribution in [0.25, 0.3) is 0 Å². The summed E-state index contributed by atoms with van der Waals surface area (Å²) in [4.78, 5) is 4.42. The van der Waals surface area contributed by atoms with Crippen LogP contribution in [0.1, 0.15) is 44.7 Å². The molecule has 0 N–H and O–H groups in total. The minimum Gasteiger partial charge on any atom is -0.261 e. The highest BCUT2D eigenvalue weighted by Crippen LogP contribution is 2.15. The average molecular weight is 227 g/mol. The van der Waals surface area contributed by atoms with Gasteiger partial charge in [0, 0.05) is 11.9 Å². The Morgan fingerprint density at radius 1 is 1.18 bits per heavy atom. The molecule has 1 heteroatoms. The lowest BCUT2D eigenvalue weighted by Crippen LogP contribution is -1.95. The van der Waals surface area contributed by atoms with Crippen LogP contribution in [0.3, 0.4) is 0 Å². The first kappa shape index (κ1) is 13.4.